The molecule has 1 atom stereocenters. The summed E-state index contributed by atoms with van der Waals surface area (Å²) in [7, 11) is 0. The van der Waals surface area contributed by atoms with Gasteiger partial charge in [-0.05, 0) is 31.9 Å². The molecule has 1 aliphatic rings. The highest BCUT2D eigenvalue weighted by Gasteiger charge is 2.36. The van der Waals surface area contributed by atoms with Crippen LogP contribution in [0.25, 0.3) is 11.5 Å². The van der Waals surface area contributed by atoms with Gasteiger partial charge in [-0.3, -0.25) is 9.78 Å². The first-order valence-corrected chi connectivity index (χ1v) is 8.69. The van der Waals surface area contributed by atoms with Crippen LogP contribution < -0.4 is 0 Å². The van der Waals surface area contributed by atoms with Crippen LogP contribution in [-0.2, 0) is 6.42 Å². The fraction of sp³-hybridized carbons (Fsp3) is 0.389. The Kier molecular flexibility index (Phi) is 4.24. The molecule has 1 saturated heterocycles. The van der Waals surface area contributed by atoms with Crippen molar-refractivity contribution in [1.82, 2.24) is 25.0 Å². The molecule has 1 amide bonds. The van der Waals surface area contributed by atoms with Gasteiger partial charge in [-0.25, -0.2) is 4.98 Å². The molecule has 0 unspecified atom stereocenters. The molecule has 0 saturated carbocycles. The van der Waals surface area contributed by atoms with Crippen molar-refractivity contribution in [3.05, 3.63) is 47.6 Å². The lowest BCUT2D eigenvalue weighted by molar-refractivity contribution is 0.0675. The summed E-state index contributed by atoms with van der Waals surface area (Å²) in [5, 5.41) is 4.01. The van der Waals surface area contributed by atoms with Crippen LogP contribution in [-0.4, -0.2) is 37.5 Å². The molecule has 0 bridgehead atoms. The molecule has 4 rings (SSSR count). The van der Waals surface area contributed by atoms with Gasteiger partial charge in [-0.1, -0.05) is 18.1 Å². The summed E-state index contributed by atoms with van der Waals surface area (Å²) >= 11 is 0. The van der Waals surface area contributed by atoms with Gasteiger partial charge in [0.1, 0.15) is 11.7 Å². The lowest BCUT2D eigenvalue weighted by atomic mass is 10.2. The Morgan fingerprint density at radius 3 is 2.96 bits per heavy atom. The highest BCUT2D eigenvalue weighted by molar-refractivity contribution is 5.92. The molecule has 8 heteroatoms. The third kappa shape index (κ3) is 2.87. The molecular formula is C18H19N5O3. The van der Waals surface area contributed by atoms with Gasteiger partial charge in [0.2, 0.25) is 17.5 Å². The zero-order valence-corrected chi connectivity index (χ0v) is 14.7. The van der Waals surface area contributed by atoms with Crippen molar-refractivity contribution < 1.29 is 13.7 Å². The van der Waals surface area contributed by atoms with E-state index in [0.717, 1.165) is 12.8 Å². The number of pyridine rings is 1. The normalized spacial score (nSPS) is 17.0. The topological polar surface area (TPSA) is 98.2 Å². The quantitative estimate of drug-likeness (QED) is 0.711. The molecule has 1 fully saturated rings. The van der Waals surface area contributed by atoms with Crippen molar-refractivity contribution in [2.75, 3.05) is 6.54 Å². The average molecular weight is 353 g/mol. The van der Waals surface area contributed by atoms with Gasteiger partial charge < -0.3 is 13.8 Å². The summed E-state index contributed by atoms with van der Waals surface area (Å²) in [5.74, 6) is 1.51. The van der Waals surface area contributed by atoms with E-state index in [0.29, 0.717) is 47.7 Å². The van der Waals surface area contributed by atoms with Crippen LogP contribution in [0.15, 0.2) is 33.3 Å². The zero-order valence-electron chi connectivity index (χ0n) is 14.7. The third-order valence-corrected chi connectivity index (χ3v) is 4.47. The molecule has 0 radical (unpaired) electrons. The number of rotatable bonds is 4. The number of aryl methyl sites for hydroxylation is 2. The Balaban J connectivity index is 1.60. The number of aromatic nitrogens is 4. The van der Waals surface area contributed by atoms with E-state index in [1.54, 1.807) is 18.0 Å². The van der Waals surface area contributed by atoms with Crippen molar-refractivity contribution in [3.8, 4) is 11.5 Å². The SMILES string of the molecule is CCc1nc(C)c(C(=O)N2CCC[C@@H]2c2nc(-c3ccccn3)no2)o1. The maximum atomic E-state index is 12.9. The van der Waals surface area contributed by atoms with Crippen LogP contribution in [0.5, 0.6) is 0 Å². The van der Waals surface area contributed by atoms with E-state index in [-0.39, 0.29) is 11.9 Å². The highest BCUT2D eigenvalue weighted by atomic mass is 16.5. The predicted molar refractivity (Wildman–Crippen MR) is 91.2 cm³/mol. The van der Waals surface area contributed by atoms with Crippen molar-refractivity contribution >= 4 is 5.91 Å². The van der Waals surface area contributed by atoms with Crippen LogP contribution in [0.3, 0.4) is 0 Å². The van der Waals surface area contributed by atoms with Gasteiger partial charge in [0.15, 0.2) is 5.89 Å². The van der Waals surface area contributed by atoms with Crippen LogP contribution in [0.2, 0.25) is 0 Å². The third-order valence-electron chi connectivity index (χ3n) is 4.47. The monoisotopic (exact) mass is 353 g/mol. The van der Waals surface area contributed by atoms with Gasteiger partial charge in [-0.2, -0.15) is 4.98 Å². The Bertz CT molecular complexity index is 918. The second-order valence-corrected chi connectivity index (χ2v) is 6.20. The Morgan fingerprint density at radius 1 is 1.35 bits per heavy atom. The first-order valence-electron chi connectivity index (χ1n) is 8.69. The number of carbonyl (C=O) groups excluding carboxylic acids is 1. The predicted octanol–water partition coefficient (Wildman–Crippen LogP) is 2.97. The van der Waals surface area contributed by atoms with E-state index in [1.807, 2.05) is 25.1 Å². The highest BCUT2D eigenvalue weighted by Crippen LogP contribution is 2.33. The lowest BCUT2D eigenvalue weighted by Crippen LogP contribution is -2.31. The zero-order chi connectivity index (χ0) is 18.1. The number of nitrogens with zero attached hydrogens (tertiary/aromatic N) is 5. The minimum absolute atomic E-state index is 0.185. The first-order chi connectivity index (χ1) is 12.7. The summed E-state index contributed by atoms with van der Waals surface area (Å²) < 4.78 is 11.1. The maximum absolute atomic E-state index is 12.9. The minimum atomic E-state index is -0.262. The van der Waals surface area contributed by atoms with Gasteiger partial charge in [0.25, 0.3) is 5.91 Å². The molecule has 0 aromatic carbocycles. The van der Waals surface area contributed by atoms with Crippen molar-refractivity contribution in [3.63, 3.8) is 0 Å². The molecule has 0 N–H and O–H groups in total. The lowest BCUT2D eigenvalue weighted by Gasteiger charge is -2.20. The molecule has 1 aliphatic heterocycles. The summed E-state index contributed by atoms with van der Waals surface area (Å²) in [6.07, 6.45) is 3.96. The van der Waals surface area contributed by atoms with E-state index in [4.69, 9.17) is 8.94 Å². The smallest absolute Gasteiger partial charge is 0.292 e. The van der Waals surface area contributed by atoms with Crippen LogP contribution in [0, 0.1) is 6.92 Å². The first kappa shape index (κ1) is 16.4. The summed E-state index contributed by atoms with van der Waals surface area (Å²) in [4.78, 5) is 27.6. The minimum Gasteiger partial charge on any atom is -0.435 e. The number of amides is 1. The van der Waals surface area contributed by atoms with Gasteiger partial charge in [0.05, 0.1) is 5.69 Å². The van der Waals surface area contributed by atoms with Gasteiger partial charge in [0, 0.05) is 19.2 Å². The molecule has 3 aromatic rings. The van der Waals surface area contributed by atoms with Crippen molar-refractivity contribution in [1.29, 1.82) is 0 Å². The molecule has 0 spiro atoms. The molecule has 8 nitrogen and oxygen atoms in total. The summed E-state index contributed by atoms with van der Waals surface area (Å²) in [6.45, 7) is 4.34. The number of oxazole rings is 1. The molecule has 134 valence electrons. The van der Waals surface area contributed by atoms with Crippen LogP contribution >= 0.6 is 0 Å². The van der Waals surface area contributed by atoms with Crippen molar-refractivity contribution in [2.45, 2.75) is 39.2 Å². The number of hydrogen-bond donors (Lipinski definition) is 0. The standard InChI is InChI=1S/C18H19N5O3/c1-3-14-20-11(2)15(25-14)18(24)23-10-6-8-13(23)17-21-16(22-26-17)12-7-4-5-9-19-12/h4-5,7,9,13H,3,6,8,10H2,1-2H3/t13-/m1/s1. The Hall–Kier alpha value is -3.03. The summed E-state index contributed by atoms with van der Waals surface area (Å²) in [5.41, 5.74) is 1.24. The second kappa shape index (κ2) is 6.70. The van der Waals surface area contributed by atoms with E-state index >= 15 is 0 Å². The fourth-order valence-corrected chi connectivity index (χ4v) is 3.17. The average Bonchev–Trinajstić information content (AvgIpc) is 3.40. The van der Waals surface area contributed by atoms with E-state index < -0.39 is 0 Å². The second-order valence-electron chi connectivity index (χ2n) is 6.20. The Morgan fingerprint density at radius 2 is 2.23 bits per heavy atom. The molecule has 3 aromatic heterocycles. The largest absolute Gasteiger partial charge is 0.435 e. The number of carbonyl (C=O) groups is 1. The molecule has 4 heterocycles. The maximum Gasteiger partial charge on any atom is 0.292 e. The van der Waals surface area contributed by atoms with E-state index in [1.165, 1.54) is 0 Å². The fourth-order valence-electron chi connectivity index (χ4n) is 3.17. The van der Waals surface area contributed by atoms with Crippen LogP contribution in [0.1, 0.15) is 53.8 Å². The molecule has 0 aliphatic carbocycles. The molecule has 26 heavy (non-hydrogen) atoms. The molecular weight excluding hydrogens is 334 g/mol. The number of likely N-dealkylation sites (tertiary alicyclic amines) is 1. The van der Waals surface area contributed by atoms with E-state index in [9.17, 15) is 4.79 Å². The van der Waals surface area contributed by atoms with Crippen molar-refractivity contribution in [2.24, 2.45) is 0 Å². The van der Waals surface area contributed by atoms with Crippen LogP contribution in [0.4, 0.5) is 0 Å². The summed E-state index contributed by atoms with van der Waals surface area (Å²) in [6, 6.07) is 5.24. The van der Waals surface area contributed by atoms with Gasteiger partial charge in [-0.15, -0.1) is 0 Å². The Labute approximate surface area is 150 Å². The van der Waals surface area contributed by atoms with Gasteiger partial charge >= 0.3 is 0 Å². The van der Waals surface area contributed by atoms with E-state index in [2.05, 4.69) is 20.1 Å². The number of hydrogen-bond acceptors (Lipinski definition) is 7.